The molecule has 1 fully saturated rings. The number of rotatable bonds is 8. The van der Waals surface area contributed by atoms with Gasteiger partial charge in [-0.15, -0.1) is 0 Å². The molecular weight excluding hydrogens is 398 g/mol. The maximum Gasteiger partial charge on any atom is 0.407 e. The van der Waals surface area contributed by atoms with E-state index in [-0.39, 0.29) is 18.9 Å². The highest BCUT2D eigenvalue weighted by Gasteiger charge is 2.32. The van der Waals surface area contributed by atoms with E-state index in [1.807, 2.05) is 43.3 Å². The van der Waals surface area contributed by atoms with Crippen molar-refractivity contribution in [3.63, 3.8) is 0 Å². The predicted octanol–water partition coefficient (Wildman–Crippen LogP) is 3.91. The first-order chi connectivity index (χ1) is 15.0. The fourth-order valence-corrected chi connectivity index (χ4v) is 4.37. The summed E-state index contributed by atoms with van der Waals surface area (Å²) in [6.07, 6.45) is 0.635. The van der Waals surface area contributed by atoms with E-state index < -0.39 is 23.9 Å². The van der Waals surface area contributed by atoms with Crippen molar-refractivity contribution < 1.29 is 28.9 Å². The van der Waals surface area contributed by atoms with Crippen LogP contribution >= 0.6 is 0 Å². The van der Waals surface area contributed by atoms with Crippen molar-refractivity contribution in [2.75, 3.05) is 19.8 Å². The van der Waals surface area contributed by atoms with Gasteiger partial charge in [-0.1, -0.05) is 48.5 Å². The summed E-state index contributed by atoms with van der Waals surface area (Å²) < 4.78 is 16.5. The lowest BCUT2D eigenvalue weighted by atomic mass is 9.98. The molecule has 7 nitrogen and oxygen atoms in total. The van der Waals surface area contributed by atoms with Crippen LogP contribution in [0.15, 0.2) is 48.5 Å². The van der Waals surface area contributed by atoms with E-state index in [1.165, 1.54) is 0 Å². The molecule has 1 unspecified atom stereocenters. The minimum Gasteiger partial charge on any atom is -0.480 e. The van der Waals surface area contributed by atoms with Crippen molar-refractivity contribution in [1.29, 1.82) is 0 Å². The number of carbonyl (C=O) groups excluding carboxylic acids is 1. The van der Waals surface area contributed by atoms with E-state index in [0.717, 1.165) is 22.3 Å². The van der Waals surface area contributed by atoms with Crippen molar-refractivity contribution >= 4 is 12.1 Å². The molecule has 1 atom stereocenters. The third-order valence-corrected chi connectivity index (χ3v) is 5.96. The van der Waals surface area contributed by atoms with Gasteiger partial charge in [0.15, 0.2) is 5.79 Å². The molecule has 2 aromatic carbocycles. The number of carboxylic acids is 1. The van der Waals surface area contributed by atoms with Gasteiger partial charge >= 0.3 is 12.1 Å². The third kappa shape index (κ3) is 4.73. The van der Waals surface area contributed by atoms with Crippen LogP contribution in [0.3, 0.4) is 0 Å². The number of ether oxygens (including phenoxy) is 3. The number of carbonyl (C=O) groups is 2. The van der Waals surface area contributed by atoms with Crippen LogP contribution in [0, 0.1) is 0 Å². The molecule has 7 heteroatoms. The highest BCUT2D eigenvalue weighted by molar-refractivity contribution is 5.81. The summed E-state index contributed by atoms with van der Waals surface area (Å²) in [5.74, 6) is -1.84. The van der Waals surface area contributed by atoms with Gasteiger partial charge in [-0.05, 0) is 42.0 Å². The van der Waals surface area contributed by atoms with Crippen LogP contribution in [0.1, 0.15) is 43.2 Å². The highest BCUT2D eigenvalue weighted by atomic mass is 16.7. The maximum atomic E-state index is 12.4. The molecule has 4 rings (SSSR count). The molecule has 1 aliphatic carbocycles. The van der Waals surface area contributed by atoms with E-state index in [9.17, 15) is 14.7 Å². The van der Waals surface area contributed by atoms with Crippen molar-refractivity contribution in [2.45, 2.75) is 43.9 Å². The first-order valence-corrected chi connectivity index (χ1v) is 10.6. The smallest absolute Gasteiger partial charge is 0.407 e. The van der Waals surface area contributed by atoms with Gasteiger partial charge in [0.1, 0.15) is 12.6 Å². The van der Waals surface area contributed by atoms with Crippen LogP contribution < -0.4 is 5.32 Å². The van der Waals surface area contributed by atoms with Gasteiger partial charge in [0, 0.05) is 12.3 Å². The van der Waals surface area contributed by atoms with Crippen LogP contribution in [0.4, 0.5) is 4.79 Å². The molecule has 1 aliphatic heterocycles. The highest BCUT2D eigenvalue weighted by Crippen LogP contribution is 2.44. The Bertz CT molecular complexity index is 907. The number of alkyl carbamates (subject to hydrolysis) is 1. The van der Waals surface area contributed by atoms with Gasteiger partial charge < -0.3 is 24.6 Å². The molecular formula is C24H27NO6. The minimum absolute atomic E-state index is 0.0713. The number of benzene rings is 2. The van der Waals surface area contributed by atoms with Gasteiger partial charge in [-0.25, -0.2) is 9.59 Å². The van der Waals surface area contributed by atoms with Gasteiger partial charge in [0.05, 0.1) is 13.2 Å². The van der Waals surface area contributed by atoms with Crippen LogP contribution in [-0.4, -0.2) is 48.8 Å². The Kier molecular flexibility index (Phi) is 6.25. The zero-order valence-corrected chi connectivity index (χ0v) is 17.5. The molecule has 31 heavy (non-hydrogen) atoms. The average molecular weight is 425 g/mol. The third-order valence-electron chi connectivity index (χ3n) is 5.96. The Hall–Kier alpha value is -2.90. The summed E-state index contributed by atoms with van der Waals surface area (Å²) in [6, 6.07) is 15.1. The van der Waals surface area contributed by atoms with Crippen molar-refractivity contribution in [3.8, 4) is 11.1 Å². The lowest BCUT2D eigenvalue weighted by Crippen LogP contribution is -2.41. The molecule has 0 radical (unpaired) electrons. The standard InChI is InChI=1S/C24H27NO6/c1-24(30-13-14-31-24)12-6-11-21(22(26)27)25-23(28)29-15-20-18-9-4-2-7-16(18)17-8-3-5-10-19(17)20/h2-5,7-10,20-21H,6,11-15H2,1H3,(H,25,28)(H,26,27). The number of fused-ring (bicyclic) bond motifs is 3. The molecule has 1 amide bonds. The maximum absolute atomic E-state index is 12.4. The second kappa shape index (κ2) is 9.08. The predicted molar refractivity (Wildman–Crippen MR) is 114 cm³/mol. The summed E-state index contributed by atoms with van der Waals surface area (Å²) in [4.78, 5) is 24.0. The first kappa shape index (κ1) is 21.3. The van der Waals surface area contributed by atoms with E-state index in [0.29, 0.717) is 26.1 Å². The van der Waals surface area contributed by atoms with E-state index >= 15 is 0 Å². The van der Waals surface area contributed by atoms with Crippen LogP contribution in [0.5, 0.6) is 0 Å². The molecule has 164 valence electrons. The molecule has 0 bridgehead atoms. The fraction of sp³-hybridized carbons (Fsp3) is 0.417. The quantitative estimate of drug-likeness (QED) is 0.666. The Morgan fingerprint density at radius 3 is 2.26 bits per heavy atom. The molecule has 2 N–H and O–H groups in total. The number of nitrogens with one attached hydrogen (secondary N) is 1. The van der Waals surface area contributed by atoms with Crippen LogP contribution in [-0.2, 0) is 19.0 Å². The lowest BCUT2D eigenvalue weighted by molar-refractivity contribution is -0.149. The molecule has 1 saturated heterocycles. The zero-order chi connectivity index (χ0) is 21.8. The first-order valence-electron chi connectivity index (χ1n) is 10.6. The molecule has 2 aliphatic rings. The summed E-state index contributed by atoms with van der Waals surface area (Å²) in [7, 11) is 0. The monoisotopic (exact) mass is 425 g/mol. The summed E-state index contributed by atoms with van der Waals surface area (Å²) in [6.45, 7) is 3.06. The second-order valence-corrected chi connectivity index (χ2v) is 8.08. The van der Waals surface area contributed by atoms with Crippen molar-refractivity contribution in [1.82, 2.24) is 5.32 Å². The van der Waals surface area contributed by atoms with Gasteiger partial charge in [-0.2, -0.15) is 0 Å². The van der Waals surface area contributed by atoms with Crippen molar-refractivity contribution in [3.05, 3.63) is 59.7 Å². The van der Waals surface area contributed by atoms with E-state index in [4.69, 9.17) is 14.2 Å². The molecule has 1 heterocycles. The topological polar surface area (TPSA) is 94.1 Å². The molecule has 0 aromatic heterocycles. The van der Waals surface area contributed by atoms with Crippen LogP contribution in [0.2, 0.25) is 0 Å². The summed E-state index contributed by atoms with van der Waals surface area (Å²) >= 11 is 0. The van der Waals surface area contributed by atoms with Gasteiger partial charge in [0.2, 0.25) is 0 Å². The Labute approximate surface area is 181 Å². The Morgan fingerprint density at radius 1 is 1.10 bits per heavy atom. The Morgan fingerprint density at radius 2 is 1.68 bits per heavy atom. The van der Waals surface area contributed by atoms with E-state index in [2.05, 4.69) is 17.4 Å². The number of carboxylic acid groups (broad SMARTS) is 1. The average Bonchev–Trinajstić information content (AvgIpc) is 3.33. The molecule has 0 saturated carbocycles. The molecule has 2 aromatic rings. The largest absolute Gasteiger partial charge is 0.480 e. The number of amides is 1. The van der Waals surface area contributed by atoms with Crippen LogP contribution in [0.25, 0.3) is 11.1 Å². The second-order valence-electron chi connectivity index (χ2n) is 8.08. The zero-order valence-electron chi connectivity index (χ0n) is 17.5. The Balaban J connectivity index is 1.33. The van der Waals surface area contributed by atoms with Gasteiger partial charge in [0.25, 0.3) is 0 Å². The number of aliphatic carboxylic acids is 1. The fourth-order valence-electron chi connectivity index (χ4n) is 4.37. The van der Waals surface area contributed by atoms with E-state index in [1.54, 1.807) is 0 Å². The number of hydrogen-bond acceptors (Lipinski definition) is 5. The summed E-state index contributed by atoms with van der Waals surface area (Å²) in [5.41, 5.74) is 4.49. The van der Waals surface area contributed by atoms with Crippen molar-refractivity contribution in [2.24, 2.45) is 0 Å². The lowest BCUT2D eigenvalue weighted by Gasteiger charge is -2.23. The SMILES string of the molecule is CC1(CCCC(NC(=O)OCC2c3ccccc3-c3ccccc32)C(=O)O)OCCO1. The number of hydrogen-bond donors (Lipinski definition) is 2. The normalized spacial score (nSPS) is 17.6. The summed E-state index contributed by atoms with van der Waals surface area (Å²) in [5, 5.41) is 12.0. The minimum atomic E-state index is -1.09. The van der Waals surface area contributed by atoms with Gasteiger partial charge in [-0.3, -0.25) is 0 Å². The molecule has 0 spiro atoms.